The fraction of sp³-hybridized carbons (Fsp3) is 0.667. The summed E-state index contributed by atoms with van der Waals surface area (Å²) in [7, 11) is 0. The van der Waals surface area contributed by atoms with Crippen LogP contribution >= 0.6 is 0 Å². The Morgan fingerprint density at radius 3 is 2.74 bits per heavy atom. The molecule has 4 heteroatoms. The lowest BCUT2D eigenvalue weighted by Crippen LogP contribution is -2.34. The zero-order chi connectivity index (χ0) is 23.0. The Hall–Kier alpha value is -1.49. The van der Waals surface area contributed by atoms with E-state index >= 15 is 0 Å². The molecule has 172 valence electrons. The van der Waals surface area contributed by atoms with E-state index in [0.29, 0.717) is 31.1 Å². The minimum absolute atomic E-state index is 0.0902. The molecule has 0 heterocycles. The van der Waals surface area contributed by atoms with Gasteiger partial charge < -0.3 is 15.3 Å². The highest BCUT2D eigenvalue weighted by Crippen LogP contribution is 2.57. The van der Waals surface area contributed by atoms with Crippen LogP contribution in [0, 0.1) is 17.3 Å². The maximum Gasteiger partial charge on any atom is 0.163 e. The number of ketones is 1. The van der Waals surface area contributed by atoms with E-state index in [1.165, 1.54) is 11.1 Å². The molecule has 0 unspecified atom stereocenters. The summed E-state index contributed by atoms with van der Waals surface area (Å²) < 4.78 is 0. The maximum absolute atomic E-state index is 12.2. The molecular weight excluding hydrogens is 388 g/mol. The molecular formula is C27H40O4. The molecule has 31 heavy (non-hydrogen) atoms. The van der Waals surface area contributed by atoms with Gasteiger partial charge in [0.15, 0.2) is 5.78 Å². The van der Waals surface area contributed by atoms with Crippen molar-refractivity contribution in [3.8, 4) is 0 Å². The van der Waals surface area contributed by atoms with Crippen LogP contribution in [0.25, 0.3) is 0 Å². The number of rotatable bonds is 6. The standard InChI is InChI=1S/C27H40O4/c1-17(8-13-25(30)26(3,4)31)22-11-12-23-19(7-6-14-27(22,23)5)9-10-20-15-21(28)16-24(29)18(20)2/h9-11,17,21,23-24,28-29,31H,2,6-8,12-16H2,1,3-5H3/b19-9+,20-10-/t17-,21+,23+,24+,27-/m1/s1. The van der Waals surface area contributed by atoms with Gasteiger partial charge in [-0.3, -0.25) is 4.79 Å². The van der Waals surface area contributed by atoms with E-state index in [4.69, 9.17) is 0 Å². The number of allylic oxidation sites excluding steroid dienone is 5. The highest BCUT2D eigenvalue weighted by Gasteiger charge is 2.46. The van der Waals surface area contributed by atoms with E-state index in [1.54, 1.807) is 13.8 Å². The van der Waals surface area contributed by atoms with Crippen LogP contribution in [0.2, 0.25) is 0 Å². The predicted octanol–water partition coefficient (Wildman–Crippen LogP) is 4.80. The van der Waals surface area contributed by atoms with Crippen molar-refractivity contribution in [2.24, 2.45) is 17.3 Å². The average Bonchev–Trinajstić information content (AvgIpc) is 3.04. The Morgan fingerprint density at radius 1 is 1.35 bits per heavy atom. The monoisotopic (exact) mass is 428 g/mol. The average molecular weight is 429 g/mol. The minimum Gasteiger partial charge on any atom is -0.393 e. The largest absolute Gasteiger partial charge is 0.393 e. The summed E-state index contributed by atoms with van der Waals surface area (Å²) in [6, 6.07) is 0. The van der Waals surface area contributed by atoms with Crippen molar-refractivity contribution >= 4 is 5.78 Å². The molecule has 2 fully saturated rings. The number of carbonyl (C=O) groups excluding carboxylic acids is 1. The van der Waals surface area contributed by atoms with Crippen molar-refractivity contribution in [1.82, 2.24) is 0 Å². The molecule has 0 aliphatic heterocycles. The van der Waals surface area contributed by atoms with Crippen molar-refractivity contribution in [2.45, 2.75) is 96.9 Å². The van der Waals surface area contributed by atoms with Crippen molar-refractivity contribution < 1.29 is 20.1 Å². The van der Waals surface area contributed by atoms with Gasteiger partial charge in [-0.1, -0.05) is 49.8 Å². The Kier molecular flexibility index (Phi) is 7.15. The first-order valence-corrected chi connectivity index (χ1v) is 11.8. The normalized spacial score (nSPS) is 35.3. The van der Waals surface area contributed by atoms with Gasteiger partial charge in [0.25, 0.3) is 0 Å². The number of Topliss-reactive ketones (excluding diaryl/α,β-unsaturated/α-hetero) is 1. The Balaban J connectivity index is 1.73. The summed E-state index contributed by atoms with van der Waals surface area (Å²) in [5, 5.41) is 30.1. The van der Waals surface area contributed by atoms with Gasteiger partial charge in [0.05, 0.1) is 12.2 Å². The molecule has 3 aliphatic carbocycles. The van der Waals surface area contributed by atoms with Gasteiger partial charge in [0.1, 0.15) is 5.60 Å². The molecule has 0 saturated heterocycles. The molecule has 3 N–H and O–H groups in total. The predicted molar refractivity (Wildman–Crippen MR) is 124 cm³/mol. The SMILES string of the molecule is C=C1/C(=C\C=C2/CCC[C@]3(C)C([C@H](C)CCC(=O)C(C)(C)O)=CC[C@@H]23)C[C@H](O)C[C@@H]1O. The molecule has 5 atom stereocenters. The Labute approximate surface area is 187 Å². The summed E-state index contributed by atoms with van der Waals surface area (Å²) in [5.41, 5.74) is 3.45. The van der Waals surface area contributed by atoms with Crippen LogP contribution in [0.3, 0.4) is 0 Å². The molecule has 3 rings (SSSR count). The van der Waals surface area contributed by atoms with Crippen molar-refractivity contribution in [3.63, 3.8) is 0 Å². The number of hydrogen-bond donors (Lipinski definition) is 3. The second kappa shape index (κ2) is 9.17. The maximum atomic E-state index is 12.2. The molecule has 0 aromatic heterocycles. The third-order valence-corrected chi connectivity index (χ3v) is 7.89. The van der Waals surface area contributed by atoms with Crippen LogP contribution < -0.4 is 0 Å². The zero-order valence-corrected chi connectivity index (χ0v) is 19.7. The van der Waals surface area contributed by atoms with Crippen LogP contribution in [-0.2, 0) is 4.79 Å². The van der Waals surface area contributed by atoms with Crippen LogP contribution in [-0.4, -0.2) is 38.9 Å². The Morgan fingerprint density at radius 2 is 2.06 bits per heavy atom. The van der Waals surface area contributed by atoms with Crippen LogP contribution in [0.4, 0.5) is 0 Å². The molecule has 0 bridgehead atoms. The first-order chi connectivity index (χ1) is 14.4. The van der Waals surface area contributed by atoms with E-state index in [9.17, 15) is 20.1 Å². The highest BCUT2D eigenvalue weighted by molar-refractivity contribution is 5.86. The van der Waals surface area contributed by atoms with E-state index in [1.807, 2.05) is 0 Å². The van der Waals surface area contributed by atoms with Crippen LogP contribution in [0.1, 0.15) is 79.1 Å². The van der Waals surface area contributed by atoms with Gasteiger partial charge in [-0.2, -0.15) is 0 Å². The third-order valence-electron chi connectivity index (χ3n) is 7.89. The quantitative estimate of drug-likeness (QED) is 0.531. The van der Waals surface area contributed by atoms with Gasteiger partial charge in [0.2, 0.25) is 0 Å². The number of aliphatic hydroxyl groups excluding tert-OH is 2. The lowest BCUT2D eigenvalue weighted by Gasteiger charge is -2.42. The van der Waals surface area contributed by atoms with E-state index < -0.39 is 17.8 Å². The minimum atomic E-state index is -1.26. The van der Waals surface area contributed by atoms with Gasteiger partial charge in [-0.15, -0.1) is 0 Å². The summed E-state index contributed by atoms with van der Waals surface area (Å²) in [6.45, 7) is 11.7. The van der Waals surface area contributed by atoms with Crippen molar-refractivity contribution in [3.05, 3.63) is 47.1 Å². The van der Waals surface area contributed by atoms with E-state index in [-0.39, 0.29) is 11.2 Å². The topological polar surface area (TPSA) is 77.8 Å². The Bertz CT molecular complexity index is 810. The second-order valence-corrected chi connectivity index (χ2v) is 10.7. The number of aliphatic hydroxyl groups is 3. The van der Waals surface area contributed by atoms with Crippen LogP contribution in [0.5, 0.6) is 0 Å². The summed E-state index contributed by atoms with van der Waals surface area (Å²) in [4.78, 5) is 12.2. The first kappa shape index (κ1) is 24.2. The smallest absolute Gasteiger partial charge is 0.163 e. The lowest BCUT2D eigenvalue weighted by atomic mass is 9.62. The molecule has 0 amide bonds. The van der Waals surface area contributed by atoms with E-state index in [0.717, 1.165) is 43.3 Å². The van der Waals surface area contributed by atoms with Crippen LogP contribution in [0.15, 0.2) is 47.1 Å². The molecule has 4 nitrogen and oxygen atoms in total. The fourth-order valence-corrected chi connectivity index (χ4v) is 5.89. The molecule has 0 aromatic rings. The van der Waals surface area contributed by atoms with Crippen molar-refractivity contribution in [2.75, 3.05) is 0 Å². The molecule has 0 aromatic carbocycles. The molecule has 3 aliphatic rings. The molecule has 0 spiro atoms. The molecule has 2 saturated carbocycles. The third kappa shape index (κ3) is 5.13. The van der Waals surface area contributed by atoms with Gasteiger partial charge in [-0.25, -0.2) is 0 Å². The van der Waals surface area contributed by atoms with Gasteiger partial charge >= 0.3 is 0 Å². The molecule has 0 radical (unpaired) electrons. The zero-order valence-electron chi connectivity index (χ0n) is 19.7. The van der Waals surface area contributed by atoms with Gasteiger partial charge in [-0.05, 0) is 80.8 Å². The number of carbonyl (C=O) groups is 1. The second-order valence-electron chi connectivity index (χ2n) is 10.7. The fourth-order valence-electron chi connectivity index (χ4n) is 5.89. The highest BCUT2D eigenvalue weighted by atomic mass is 16.3. The summed E-state index contributed by atoms with van der Waals surface area (Å²) in [6.07, 6.45) is 12.0. The lowest BCUT2D eigenvalue weighted by molar-refractivity contribution is -0.134. The number of fused-ring (bicyclic) bond motifs is 1. The van der Waals surface area contributed by atoms with E-state index in [2.05, 4.69) is 38.7 Å². The van der Waals surface area contributed by atoms with Gasteiger partial charge in [0, 0.05) is 12.8 Å². The first-order valence-electron chi connectivity index (χ1n) is 11.8. The summed E-state index contributed by atoms with van der Waals surface area (Å²) >= 11 is 0. The number of hydrogen-bond acceptors (Lipinski definition) is 4. The van der Waals surface area contributed by atoms with Crippen molar-refractivity contribution in [1.29, 1.82) is 0 Å². The summed E-state index contributed by atoms with van der Waals surface area (Å²) in [5.74, 6) is 0.697.